The second kappa shape index (κ2) is 7.78. The van der Waals surface area contributed by atoms with Crippen molar-refractivity contribution in [2.24, 2.45) is 17.3 Å². The van der Waals surface area contributed by atoms with E-state index in [2.05, 4.69) is 20.7 Å². The smallest absolute Gasteiger partial charge is 0.167 e. The van der Waals surface area contributed by atoms with Crippen LogP contribution in [0.5, 0.6) is 0 Å². The molecule has 7 heteroatoms. The first-order chi connectivity index (χ1) is 11.7. The van der Waals surface area contributed by atoms with Crippen LogP contribution < -0.4 is 0 Å². The lowest BCUT2D eigenvalue weighted by Gasteiger charge is -2.16. The van der Waals surface area contributed by atoms with Gasteiger partial charge in [-0.1, -0.05) is 26.0 Å². The van der Waals surface area contributed by atoms with Gasteiger partial charge in [-0.2, -0.15) is 0 Å². The van der Waals surface area contributed by atoms with Crippen LogP contribution in [0, 0.1) is 34.7 Å². The van der Waals surface area contributed by atoms with Crippen LogP contribution in [0.4, 0.5) is 13.2 Å². The van der Waals surface area contributed by atoms with E-state index < -0.39 is 42.5 Å². The molecule has 3 nitrogen and oxygen atoms in total. The Morgan fingerprint density at radius 3 is 2.32 bits per heavy atom. The Kier molecular flexibility index (Phi) is 6.35. The molecule has 140 valence electrons. The summed E-state index contributed by atoms with van der Waals surface area (Å²) in [7, 11) is 1.26. The van der Waals surface area contributed by atoms with Crippen molar-refractivity contribution in [1.82, 2.24) is 0 Å². The lowest BCUT2D eigenvalue weighted by molar-refractivity contribution is -0.129. The number of hydrogen-bond donors (Lipinski definition) is 1. The minimum Gasteiger partial charge on any atom is -0.380 e. The average molecular weight is 423 g/mol. The van der Waals surface area contributed by atoms with Gasteiger partial charge in [0.25, 0.3) is 0 Å². The molecule has 3 unspecified atom stereocenters. The van der Waals surface area contributed by atoms with Crippen LogP contribution in [0.2, 0.25) is 0 Å². The summed E-state index contributed by atoms with van der Waals surface area (Å²) in [4.78, 5) is 0. The van der Waals surface area contributed by atoms with E-state index in [9.17, 15) is 18.3 Å². The molecule has 1 aromatic rings. The molecule has 2 rings (SSSR count). The second-order valence-electron chi connectivity index (χ2n) is 6.75. The molecule has 25 heavy (non-hydrogen) atoms. The quantitative estimate of drug-likeness (QED) is 0.393. The molecule has 1 aliphatic carbocycles. The highest BCUT2D eigenvalue weighted by Gasteiger charge is 2.59. The number of aliphatic hydroxyl groups excluding tert-OH is 1. The predicted molar refractivity (Wildman–Crippen MR) is 91.1 cm³/mol. The Bertz CT molecular complexity index is 647. The molecular weight excluding hydrogens is 401 g/mol. The Morgan fingerprint density at radius 2 is 1.76 bits per heavy atom. The third-order valence-electron chi connectivity index (χ3n) is 4.84. The summed E-state index contributed by atoms with van der Waals surface area (Å²) in [6.45, 7) is 5.02. The summed E-state index contributed by atoms with van der Waals surface area (Å²) in [6.07, 6.45) is 2.72. The van der Waals surface area contributed by atoms with Crippen molar-refractivity contribution in [3.05, 3.63) is 45.2 Å². The number of rotatable bonds is 7. The third-order valence-corrected chi connectivity index (χ3v) is 5.66. The molecule has 1 fully saturated rings. The average Bonchev–Trinajstić information content (AvgIpc) is 3.10. The molecule has 1 saturated carbocycles. The molecule has 0 bridgehead atoms. The molecule has 1 N–H and O–H groups in total. The molecular formula is C18H22BrF3O3. The van der Waals surface area contributed by atoms with Crippen molar-refractivity contribution in [1.29, 1.82) is 0 Å². The van der Waals surface area contributed by atoms with E-state index in [0.717, 1.165) is 0 Å². The first kappa shape index (κ1) is 20.4. The predicted octanol–water partition coefficient (Wildman–Crippen LogP) is 4.70. The lowest BCUT2D eigenvalue weighted by atomic mass is 10.1. The first-order valence-electron chi connectivity index (χ1n) is 7.93. The second-order valence-corrected chi connectivity index (χ2v) is 7.54. The molecule has 0 heterocycles. The molecule has 0 aliphatic heterocycles. The van der Waals surface area contributed by atoms with Crippen LogP contribution in [-0.2, 0) is 22.7 Å². The summed E-state index contributed by atoms with van der Waals surface area (Å²) in [5.74, 6) is -3.49. The van der Waals surface area contributed by atoms with Crippen molar-refractivity contribution in [3.8, 4) is 0 Å². The zero-order valence-electron chi connectivity index (χ0n) is 14.6. The molecule has 1 aliphatic rings. The van der Waals surface area contributed by atoms with Gasteiger partial charge in [0, 0.05) is 18.6 Å². The number of methoxy groups -OCH3 is 1. The van der Waals surface area contributed by atoms with Crippen LogP contribution in [0.1, 0.15) is 31.9 Å². The van der Waals surface area contributed by atoms with E-state index in [0.29, 0.717) is 0 Å². The maximum absolute atomic E-state index is 14.2. The van der Waals surface area contributed by atoms with Crippen molar-refractivity contribution in [3.63, 3.8) is 0 Å². The lowest BCUT2D eigenvalue weighted by Crippen LogP contribution is -2.19. The van der Waals surface area contributed by atoms with Gasteiger partial charge in [0.2, 0.25) is 0 Å². The number of halogens is 4. The largest absolute Gasteiger partial charge is 0.380 e. The van der Waals surface area contributed by atoms with Crippen LogP contribution in [-0.4, -0.2) is 18.5 Å². The highest BCUT2D eigenvalue weighted by Crippen LogP contribution is 2.60. The van der Waals surface area contributed by atoms with E-state index in [4.69, 9.17) is 4.74 Å². The minimum atomic E-state index is -1.31. The highest BCUT2D eigenvalue weighted by molar-refractivity contribution is 9.10. The molecule has 0 saturated heterocycles. The summed E-state index contributed by atoms with van der Waals surface area (Å²) in [5, 5.41) is 10.2. The fourth-order valence-corrected chi connectivity index (χ4v) is 3.76. The van der Waals surface area contributed by atoms with E-state index in [1.807, 2.05) is 32.9 Å². The minimum absolute atomic E-state index is 0.137. The summed E-state index contributed by atoms with van der Waals surface area (Å²) >= 11 is 2.94. The highest BCUT2D eigenvalue weighted by atomic mass is 79.9. The van der Waals surface area contributed by atoms with E-state index in [1.54, 1.807) is 0 Å². The van der Waals surface area contributed by atoms with Gasteiger partial charge in [0.1, 0.15) is 5.82 Å². The standard InChI is InChI=1S/C18H22BrF3O3/c1-5-6-11-12(18(11,2)3)17(23)25-8-9-13(19)14(20)10(7-24-4)16(22)15(9)21/h5-6,11-12,17,23H,7-8H2,1-4H3/b6-5-. The number of benzene rings is 1. The zero-order chi connectivity index (χ0) is 18.9. The number of hydrogen-bond acceptors (Lipinski definition) is 3. The maximum atomic E-state index is 14.2. The maximum Gasteiger partial charge on any atom is 0.167 e. The SMILES string of the molecule is C/C=C\C1C(C(O)OCc2c(F)c(F)c(COC)c(F)c2Br)C1(C)C. The summed E-state index contributed by atoms with van der Waals surface area (Å²) in [6, 6.07) is 0. The van der Waals surface area contributed by atoms with Crippen LogP contribution in [0.3, 0.4) is 0 Å². The Balaban J connectivity index is 2.16. The van der Waals surface area contributed by atoms with Crippen molar-refractivity contribution >= 4 is 15.9 Å². The molecule has 1 aromatic carbocycles. The van der Waals surface area contributed by atoms with Gasteiger partial charge in [0.05, 0.1) is 23.2 Å². The third kappa shape index (κ3) is 3.79. The fourth-order valence-electron chi connectivity index (χ4n) is 3.23. The van der Waals surface area contributed by atoms with Crippen molar-refractivity contribution in [2.45, 2.75) is 40.3 Å². The Hall–Kier alpha value is -0.890. The normalized spacial score (nSPS) is 23.2. The topological polar surface area (TPSA) is 38.7 Å². The molecule has 0 amide bonds. The van der Waals surface area contributed by atoms with Gasteiger partial charge >= 0.3 is 0 Å². The Morgan fingerprint density at radius 1 is 1.16 bits per heavy atom. The van der Waals surface area contributed by atoms with E-state index in [-0.39, 0.29) is 27.3 Å². The van der Waals surface area contributed by atoms with E-state index in [1.165, 1.54) is 7.11 Å². The monoisotopic (exact) mass is 422 g/mol. The first-order valence-corrected chi connectivity index (χ1v) is 8.72. The number of ether oxygens (including phenoxy) is 2. The number of allylic oxidation sites excluding steroid dienone is 2. The van der Waals surface area contributed by atoms with E-state index >= 15 is 0 Å². The van der Waals surface area contributed by atoms with Gasteiger partial charge in [-0.25, -0.2) is 13.2 Å². The summed E-state index contributed by atoms with van der Waals surface area (Å²) in [5.41, 5.74) is -0.955. The fraction of sp³-hybridized carbons (Fsp3) is 0.556. The van der Waals surface area contributed by atoms with Crippen molar-refractivity contribution in [2.75, 3.05) is 7.11 Å². The zero-order valence-corrected chi connectivity index (χ0v) is 16.2. The van der Waals surface area contributed by atoms with Crippen LogP contribution in [0.25, 0.3) is 0 Å². The molecule has 0 aromatic heterocycles. The number of aliphatic hydroxyl groups is 1. The van der Waals surface area contributed by atoms with Gasteiger partial charge in [0.15, 0.2) is 17.9 Å². The van der Waals surface area contributed by atoms with Gasteiger partial charge in [-0.15, -0.1) is 0 Å². The van der Waals surface area contributed by atoms with Gasteiger partial charge in [-0.3, -0.25) is 0 Å². The van der Waals surface area contributed by atoms with Crippen LogP contribution in [0.15, 0.2) is 16.6 Å². The summed E-state index contributed by atoms with van der Waals surface area (Å²) < 4.78 is 52.3. The van der Waals surface area contributed by atoms with Crippen LogP contribution >= 0.6 is 15.9 Å². The van der Waals surface area contributed by atoms with Gasteiger partial charge in [-0.05, 0) is 34.2 Å². The molecule has 0 radical (unpaired) electrons. The van der Waals surface area contributed by atoms with Gasteiger partial charge < -0.3 is 14.6 Å². The molecule has 0 spiro atoms. The van der Waals surface area contributed by atoms with Crippen molar-refractivity contribution < 1.29 is 27.8 Å². The Labute approximate surface area is 154 Å². The molecule has 3 atom stereocenters.